The van der Waals surface area contributed by atoms with Crippen molar-refractivity contribution < 1.29 is 5.11 Å². The average molecular weight is 457 g/mol. The van der Waals surface area contributed by atoms with E-state index in [0.717, 1.165) is 53.9 Å². The highest BCUT2D eigenvalue weighted by atomic mass is 16.3. The summed E-state index contributed by atoms with van der Waals surface area (Å²) in [4.78, 5) is 0. The number of hydrogen-bond donors (Lipinski definition) is 1. The lowest BCUT2D eigenvalue weighted by molar-refractivity contribution is -0.145. The molecule has 4 rings (SSSR count). The fraction of sp³-hybridized carbons (Fsp3) is 0.938. The Bertz CT molecular complexity index is 737. The summed E-state index contributed by atoms with van der Waals surface area (Å²) < 4.78 is 0. The highest BCUT2D eigenvalue weighted by molar-refractivity contribution is 5.14. The first-order valence-corrected chi connectivity index (χ1v) is 14.6. The first-order valence-electron chi connectivity index (χ1n) is 14.6. The average Bonchev–Trinajstić information content (AvgIpc) is 2.91. The number of rotatable bonds is 5. The summed E-state index contributed by atoms with van der Waals surface area (Å²) >= 11 is 0. The Morgan fingerprint density at radius 2 is 1.64 bits per heavy atom. The van der Waals surface area contributed by atoms with Crippen LogP contribution in [0, 0.1) is 57.2 Å². The largest absolute Gasteiger partial charge is 0.389 e. The predicted molar refractivity (Wildman–Crippen MR) is 142 cm³/mol. The summed E-state index contributed by atoms with van der Waals surface area (Å²) in [5.74, 6) is 5.34. The molecule has 0 amide bonds. The van der Waals surface area contributed by atoms with Crippen molar-refractivity contribution in [3.63, 3.8) is 0 Å². The van der Waals surface area contributed by atoms with Gasteiger partial charge in [-0.25, -0.2) is 0 Å². The minimum absolute atomic E-state index is 0.317. The van der Waals surface area contributed by atoms with Gasteiger partial charge >= 0.3 is 0 Å². The number of aliphatic hydroxyl groups is 1. The quantitative estimate of drug-likeness (QED) is 0.409. The van der Waals surface area contributed by atoms with Gasteiger partial charge in [0.05, 0.1) is 6.10 Å². The molecule has 0 aliphatic heterocycles. The van der Waals surface area contributed by atoms with Gasteiger partial charge in [-0.3, -0.25) is 0 Å². The molecule has 0 aromatic rings. The van der Waals surface area contributed by atoms with Crippen LogP contribution in [0.5, 0.6) is 0 Å². The van der Waals surface area contributed by atoms with Crippen molar-refractivity contribution in [3.05, 3.63) is 12.2 Å². The molecule has 1 N–H and O–H groups in total. The molecule has 6 unspecified atom stereocenters. The lowest BCUT2D eigenvalue weighted by Gasteiger charge is -2.63. The van der Waals surface area contributed by atoms with Gasteiger partial charge in [-0.05, 0) is 128 Å². The second-order valence-electron chi connectivity index (χ2n) is 14.9. The molecule has 0 aromatic carbocycles. The van der Waals surface area contributed by atoms with E-state index < -0.39 is 0 Å². The molecule has 0 spiro atoms. The van der Waals surface area contributed by atoms with E-state index in [9.17, 15) is 5.11 Å². The van der Waals surface area contributed by atoms with E-state index in [4.69, 9.17) is 0 Å². The van der Waals surface area contributed by atoms with Gasteiger partial charge in [0.25, 0.3) is 0 Å². The Labute approximate surface area is 206 Å². The first-order chi connectivity index (χ1) is 15.3. The smallest absolute Gasteiger partial charge is 0.0744 e. The number of aliphatic hydroxyl groups excluding tert-OH is 1. The number of hydrogen-bond acceptors (Lipinski definition) is 1. The van der Waals surface area contributed by atoms with Gasteiger partial charge in [-0.2, -0.15) is 0 Å². The Balaban J connectivity index is 1.59. The summed E-state index contributed by atoms with van der Waals surface area (Å²) in [5.41, 5.74) is 2.83. The second kappa shape index (κ2) is 8.67. The molecule has 0 saturated heterocycles. The van der Waals surface area contributed by atoms with Crippen molar-refractivity contribution in [2.75, 3.05) is 0 Å². The van der Waals surface area contributed by atoms with Crippen molar-refractivity contribution in [2.24, 2.45) is 57.2 Å². The van der Waals surface area contributed by atoms with Gasteiger partial charge in [-0.1, -0.05) is 67.0 Å². The Hall–Kier alpha value is -0.300. The van der Waals surface area contributed by atoms with Crippen LogP contribution in [0.25, 0.3) is 0 Å². The predicted octanol–water partition coefficient (Wildman–Crippen LogP) is 9.05. The van der Waals surface area contributed by atoms with Crippen LogP contribution in [0.2, 0.25) is 0 Å². The van der Waals surface area contributed by atoms with Crippen LogP contribution in [-0.4, -0.2) is 11.2 Å². The van der Waals surface area contributed by atoms with Crippen LogP contribution in [0.4, 0.5) is 0 Å². The summed E-state index contributed by atoms with van der Waals surface area (Å²) in [6.45, 7) is 24.4. The highest BCUT2D eigenvalue weighted by Crippen LogP contribution is 2.73. The molecule has 4 aliphatic rings. The summed E-state index contributed by atoms with van der Waals surface area (Å²) in [6, 6.07) is 0. The molecule has 33 heavy (non-hydrogen) atoms. The molecule has 0 bridgehead atoms. The van der Waals surface area contributed by atoms with Gasteiger partial charge < -0.3 is 5.11 Å². The maximum atomic E-state index is 10.3. The highest BCUT2D eigenvalue weighted by Gasteiger charge is 2.65. The van der Waals surface area contributed by atoms with Crippen LogP contribution in [0.15, 0.2) is 12.2 Å². The van der Waals surface area contributed by atoms with Gasteiger partial charge in [-0.15, -0.1) is 0 Å². The van der Waals surface area contributed by atoms with Crippen LogP contribution < -0.4 is 0 Å². The first kappa shape index (κ1) is 25.8. The molecule has 190 valence electrons. The summed E-state index contributed by atoms with van der Waals surface area (Å²) in [6.07, 6.45) is 14.6. The summed E-state index contributed by atoms with van der Waals surface area (Å²) in [7, 11) is 0. The molecule has 10 atom stereocenters. The zero-order chi connectivity index (χ0) is 24.4. The van der Waals surface area contributed by atoms with Crippen molar-refractivity contribution in [1.82, 2.24) is 0 Å². The Morgan fingerprint density at radius 3 is 2.30 bits per heavy atom. The maximum Gasteiger partial charge on any atom is 0.0744 e. The fourth-order valence-corrected chi connectivity index (χ4v) is 10.6. The molecular formula is C32H56O. The van der Waals surface area contributed by atoms with E-state index in [1.165, 1.54) is 57.8 Å². The molecule has 1 nitrogen and oxygen atoms in total. The topological polar surface area (TPSA) is 20.2 Å². The van der Waals surface area contributed by atoms with Gasteiger partial charge in [0, 0.05) is 0 Å². The molecular weight excluding hydrogens is 400 g/mol. The van der Waals surface area contributed by atoms with E-state index >= 15 is 0 Å². The minimum Gasteiger partial charge on any atom is -0.389 e. The lowest BCUT2D eigenvalue weighted by Crippen LogP contribution is -2.56. The van der Waals surface area contributed by atoms with E-state index in [1.54, 1.807) is 0 Å². The van der Waals surface area contributed by atoms with Gasteiger partial charge in [0.2, 0.25) is 0 Å². The van der Waals surface area contributed by atoms with E-state index in [0.29, 0.717) is 21.7 Å². The zero-order valence-electron chi connectivity index (χ0n) is 23.5. The van der Waals surface area contributed by atoms with E-state index in [2.05, 4.69) is 55.0 Å². The van der Waals surface area contributed by atoms with Crippen LogP contribution in [-0.2, 0) is 0 Å². The van der Waals surface area contributed by atoms with Crippen molar-refractivity contribution in [3.8, 4) is 0 Å². The Kier molecular flexibility index (Phi) is 6.77. The van der Waals surface area contributed by atoms with Gasteiger partial charge in [0.15, 0.2) is 0 Å². The molecule has 0 radical (unpaired) electrons. The lowest BCUT2D eigenvalue weighted by atomic mass is 9.42. The van der Waals surface area contributed by atoms with Crippen molar-refractivity contribution in [1.29, 1.82) is 0 Å². The van der Waals surface area contributed by atoms with E-state index in [1.807, 2.05) is 6.92 Å². The third-order valence-corrected chi connectivity index (χ3v) is 13.5. The molecule has 1 heteroatoms. The van der Waals surface area contributed by atoms with Crippen LogP contribution >= 0.6 is 0 Å². The SMILES string of the molecule is C=C(C)C(O)CCCC1(C)CCC2[C@H]3CCCC4C(C)(C)[C@@H](C)CC[C@]4(C)C3C[C@@H](C)C21C. The molecule has 0 aromatic heterocycles. The standard InChI is InChI=1S/C32H56O/c1-21(2)27(33)13-11-17-30(7)18-16-25-24-12-10-14-28-29(5,6)22(3)15-19-31(28,8)26(24)20-23(4)32(25,30)9/h22-28,33H,1,10-20H2,2-9H3/t22-,23+,24+,25?,26?,27?,28?,30?,31+,32?/m0/s1. The zero-order valence-corrected chi connectivity index (χ0v) is 23.5. The van der Waals surface area contributed by atoms with Crippen LogP contribution in [0.1, 0.15) is 126 Å². The van der Waals surface area contributed by atoms with E-state index in [-0.39, 0.29) is 6.10 Å². The monoisotopic (exact) mass is 456 g/mol. The van der Waals surface area contributed by atoms with Gasteiger partial charge in [0.1, 0.15) is 0 Å². The third kappa shape index (κ3) is 3.81. The molecule has 4 saturated carbocycles. The third-order valence-electron chi connectivity index (χ3n) is 13.5. The summed E-state index contributed by atoms with van der Waals surface area (Å²) in [5, 5.41) is 10.3. The Morgan fingerprint density at radius 1 is 0.939 bits per heavy atom. The van der Waals surface area contributed by atoms with Crippen molar-refractivity contribution >= 4 is 0 Å². The molecule has 0 heterocycles. The molecule has 4 aliphatic carbocycles. The molecule has 4 fully saturated rings. The van der Waals surface area contributed by atoms with Crippen molar-refractivity contribution in [2.45, 2.75) is 132 Å². The maximum absolute atomic E-state index is 10.3. The number of fused-ring (bicyclic) bond motifs is 5. The second-order valence-corrected chi connectivity index (χ2v) is 14.9. The fourth-order valence-electron chi connectivity index (χ4n) is 10.6. The minimum atomic E-state index is -0.317. The van der Waals surface area contributed by atoms with Crippen LogP contribution in [0.3, 0.4) is 0 Å². The normalized spacial score (nSPS) is 50.0.